The van der Waals surface area contributed by atoms with Crippen LogP contribution < -0.4 is 5.32 Å². The number of nitrogens with zero attached hydrogens (tertiary/aromatic N) is 4. The van der Waals surface area contributed by atoms with E-state index >= 15 is 0 Å². The predicted molar refractivity (Wildman–Crippen MR) is 105 cm³/mol. The molecule has 9 heteroatoms. The molecule has 1 N–H and O–H groups in total. The molecule has 4 rings (SSSR count). The van der Waals surface area contributed by atoms with Crippen LogP contribution in [-0.4, -0.2) is 43.3 Å². The van der Waals surface area contributed by atoms with E-state index in [1.807, 2.05) is 13.8 Å². The van der Waals surface area contributed by atoms with Crippen LogP contribution in [0.15, 0.2) is 24.3 Å². The van der Waals surface area contributed by atoms with Gasteiger partial charge in [-0.25, -0.2) is 4.52 Å². The molecule has 0 fully saturated rings. The van der Waals surface area contributed by atoms with E-state index < -0.39 is 23.8 Å². The number of hydrogen-bond acceptors (Lipinski definition) is 6. The molecule has 1 aromatic carbocycles. The van der Waals surface area contributed by atoms with Gasteiger partial charge in [-0.1, -0.05) is 37.3 Å². The van der Waals surface area contributed by atoms with E-state index in [-0.39, 0.29) is 11.9 Å². The van der Waals surface area contributed by atoms with Gasteiger partial charge in [-0.2, -0.15) is 4.98 Å². The van der Waals surface area contributed by atoms with Crippen LogP contribution >= 0.6 is 11.3 Å². The number of aryl methyl sites for hydroxylation is 2. The van der Waals surface area contributed by atoms with Crippen molar-refractivity contribution in [3.63, 3.8) is 0 Å². The number of amides is 3. The molecule has 0 bridgehead atoms. The molecule has 144 valence electrons. The fourth-order valence-corrected chi connectivity index (χ4v) is 4.26. The van der Waals surface area contributed by atoms with Gasteiger partial charge in [-0.05, 0) is 31.9 Å². The summed E-state index contributed by atoms with van der Waals surface area (Å²) in [5, 5.41) is 6.98. The first-order chi connectivity index (χ1) is 13.3. The maximum atomic E-state index is 13.0. The fraction of sp³-hybridized carbons (Fsp3) is 0.316. The van der Waals surface area contributed by atoms with Crippen LogP contribution in [0.4, 0.5) is 5.95 Å². The topological polar surface area (TPSA) is 96.7 Å². The van der Waals surface area contributed by atoms with Crippen molar-refractivity contribution >= 4 is 40.0 Å². The van der Waals surface area contributed by atoms with Gasteiger partial charge in [0.1, 0.15) is 6.04 Å². The van der Waals surface area contributed by atoms with Crippen LogP contribution in [0.5, 0.6) is 0 Å². The zero-order valence-corrected chi connectivity index (χ0v) is 16.7. The highest BCUT2D eigenvalue weighted by Crippen LogP contribution is 2.28. The van der Waals surface area contributed by atoms with Gasteiger partial charge in [0, 0.05) is 4.88 Å². The lowest BCUT2D eigenvalue weighted by Gasteiger charge is -2.27. The minimum absolute atomic E-state index is 0.154. The molecule has 1 atom stereocenters. The Balaban J connectivity index is 1.63. The Labute approximate surface area is 165 Å². The summed E-state index contributed by atoms with van der Waals surface area (Å²) in [6.07, 6.45) is 0. The Morgan fingerprint density at radius 2 is 1.71 bits per heavy atom. The van der Waals surface area contributed by atoms with Crippen molar-refractivity contribution < 1.29 is 14.4 Å². The van der Waals surface area contributed by atoms with Crippen molar-refractivity contribution in [2.75, 3.05) is 5.32 Å². The second-order valence-electron chi connectivity index (χ2n) is 7.08. The van der Waals surface area contributed by atoms with Crippen LogP contribution in [0.3, 0.4) is 0 Å². The standard InChI is InChI=1S/C19H19N5O3S/c1-9(2)14(23-16(26)12-7-5-6-8-13(12)17(23)27)15(25)20-18-21-19-24(22-18)10(3)11(4)28-19/h5-9,14H,1-4H3,(H,20,22,25). The normalized spacial score (nSPS) is 14.8. The molecular formula is C19H19N5O3S. The monoisotopic (exact) mass is 397 g/mol. The lowest BCUT2D eigenvalue weighted by atomic mass is 10.0. The van der Waals surface area contributed by atoms with Crippen molar-refractivity contribution in [2.24, 2.45) is 5.92 Å². The number of carbonyl (C=O) groups excluding carboxylic acids is 3. The molecule has 0 saturated heterocycles. The fourth-order valence-electron chi connectivity index (χ4n) is 3.36. The number of carbonyl (C=O) groups is 3. The van der Waals surface area contributed by atoms with Crippen LogP contribution in [0.25, 0.3) is 4.96 Å². The molecular weight excluding hydrogens is 378 g/mol. The summed E-state index contributed by atoms with van der Waals surface area (Å²) in [6, 6.07) is 5.63. The van der Waals surface area contributed by atoms with Gasteiger partial charge in [0.15, 0.2) is 0 Å². The third-order valence-electron chi connectivity index (χ3n) is 4.89. The van der Waals surface area contributed by atoms with Crippen LogP contribution in [0, 0.1) is 19.8 Å². The average Bonchev–Trinajstić information content (AvgIpc) is 3.23. The van der Waals surface area contributed by atoms with E-state index in [4.69, 9.17) is 0 Å². The number of thiazole rings is 1. The van der Waals surface area contributed by atoms with E-state index in [9.17, 15) is 14.4 Å². The van der Waals surface area contributed by atoms with Gasteiger partial charge in [0.25, 0.3) is 17.8 Å². The second-order valence-corrected chi connectivity index (χ2v) is 8.26. The molecule has 0 radical (unpaired) electrons. The smallest absolute Gasteiger partial charge is 0.262 e. The Morgan fingerprint density at radius 3 is 2.25 bits per heavy atom. The number of benzene rings is 1. The van der Waals surface area contributed by atoms with Gasteiger partial charge in [0.2, 0.25) is 10.9 Å². The summed E-state index contributed by atoms with van der Waals surface area (Å²) >= 11 is 1.48. The summed E-state index contributed by atoms with van der Waals surface area (Å²) < 4.78 is 1.67. The zero-order valence-electron chi connectivity index (χ0n) is 15.9. The number of fused-ring (bicyclic) bond motifs is 2. The Bertz CT molecular complexity index is 1090. The quantitative estimate of drug-likeness (QED) is 0.683. The number of hydrogen-bond donors (Lipinski definition) is 1. The van der Waals surface area contributed by atoms with Gasteiger partial charge in [0.05, 0.1) is 16.8 Å². The zero-order chi connectivity index (χ0) is 20.2. The van der Waals surface area contributed by atoms with Crippen molar-refractivity contribution in [1.82, 2.24) is 19.5 Å². The maximum Gasteiger partial charge on any atom is 0.262 e. The Morgan fingerprint density at radius 1 is 1.11 bits per heavy atom. The Hall–Kier alpha value is -3.07. The van der Waals surface area contributed by atoms with Crippen LogP contribution in [-0.2, 0) is 4.79 Å². The van der Waals surface area contributed by atoms with Gasteiger partial charge >= 0.3 is 0 Å². The van der Waals surface area contributed by atoms with E-state index in [2.05, 4.69) is 15.4 Å². The lowest BCUT2D eigenvalue weighted by molar-refractivity contribution is -0.121. The third kappa shape index (κ3) is 2.70. The first kappa shape index (κ1) is 18.3. The number of nitrogens with one attached hydrogen (secondary N) is 1. The lowest BCUT2D eigenvalue weighted by Crippen LogP contribution is -2.50. The summed E-state index contributed by atoms with van der Waals surface area (Å²) in [7, 11) is 0. The molecule has 3 amide bonds. The molecule has 1 aliphatic rings. The van der Waals surface area contributed by atoms with Gasteiger partial charge < -0.3 is 0 Å². The molecule has 8 nitrogen and oxygen atoms in total. The first-order valence-electron chi connectivity index (χ1n) is 8.90. The van der Waals surface area contributed by atoms with Gasteiger partial charge in [-0.3, -0.25) is 24.6 Å². The average molecular weight is 397 g/mol. The highest BCUT2D eigenvalue weighted by molar-refractivity contribution is 7.17. The summed E-state index contributed by atoms with van der Waals surface area (Å²) in [6.45, 7) is 7.49. The van der Waals surface area contributed by atoms with Crippen molar-refractivity contribution in [2.45, 2.75) is 33.7 Å². The molecule has 3 aromatic rings. The molecule has 1 aliphatic heterocycles. The predicted octanol–water partition coefficient (Wildman–Crippen LogP) is 2.67. The molecule has 0 spiro atoms. The highest BCUT2D eigenvalue weighted by Gasteiger charge is 2.44. The number of rotatable bonds is 4. The van der Waals surface area contributed by atoms with E-state index in [0.29, 0.717) is 16.1 Å². The number of aromatic nitrogens is 3. The number of anilines is 1. The SMILES string of the molecule is Cc1sc2nc(NC(=O)C(C(C)C)N3C(=O)c4ccccc4C3=O)nn2c1C. The maximum absolute atomic E-state index is 13.0. The molecule has 0 aliphatic carbocycles. The molecule has 2 aromatic heterocycles. The third-order valence-corrected chi connectivity index (χ3v) is 5.94. The number of imide groups is 1. The van der Waals surface area contributed by atoms with E-state index in [1.54, 1.807) is 42.6 Å². The largest absolute Gasteiger partial charge is 0.291 e. The van der Waals surface area contributed by atoms with Crippen LogP contribution in [0.1, 0.15) is 45.1 Å². The second kappa shape index (κ2) is 6.52. The minimum atomic E-state index is -0.961. The Kier molecular flexibility index (Phi) is 4.26. The first-order valence-corrected chi connectivity index (χ1v) is 9.71. The summed E-state index contributed by atoms with van der Waals surface area (Å²) in [5.74, 6) is -1.53. The molecule has 28 heavy (non-hydrogen) atoms. The van der Waals surface area contributed by atoms with Crippen molar-refractivity contribution in [1.29, 1.82) is 0 Å². The van der Waals surface area contributed by atoms with E-state index in [1.165, 1.54) is 11.3 Å². The molecule has 1 unspecified atom stereocenters. The summed E-state index contributed by atoms with van der Waals surface area (Å²) in [4.78, 5) is 45.7. The van der Waals surface area contributed by atoms with Crippen molar-refractivity contribution in [3.8, 4) is 0 Å². The minimum Gasteiger partial charge on any atom is -0.291 e. The summed E-state index contributed by atoms with van der Waals surface area (Å²) in [5.41, 5.74) is 1.59. The molecule has 0 saturated carbocycles. The molecule has 3 heterocycles. The van der Waals surface area contributed by atoms with E-state index in [0.717, 1.165) is 15.5 Å². The van der Waals surface area contributed by atoms with Crippen LogP contribution in [0.2, 0.25) is 0 Å². The van der Waals surface area contributed by atoms with Gasteiger partial charge in [-0.15, -0.1) is 5.10 Å². The van der Waals surface area contributed by atoms with Crippen molar-refractivity contribution in [3.05, 3.63) is 46.0 Å². The highest BCUT2D eigenvalue weighted by atomic mass is 32.1.